The van der Waals surface area contributed by atoms with Crippen LogP contribution in [-0.2, 0) is 6.54 Å². The fourth-order valence-corrected chi connectivity index (χ4v) is 2.94. The molecule has 1 fully saturated rings. The zero-order valence-electron chi connectivity index (χ0n) is 11.8. The molecule has 0 saturated carbocycles. The highest BCUT2D eigenvalue weighted by Gasteiger charge is 2.18. The molecule has 1 saturated heterocycles. The van der Waals surface area contributed by atoms with E-state index < -0.39 is 0 Å². The third-order valence-electron chi connectivity index (χ3n) is 3.25. The van der Waals surface area contributed by atoms with Crippen LogP contribution in [0.3, 0.4) is 0 Å². The van der Waals surface area contributed by atoms with E-state index in [1.165, 1.54) is 11.3 Å². The predicted octanol–water partition coefficient (Wildman–Crippen LogP) is 0.376. The molecular weight excluding hydrogens is 302 g/mol. The van der Waals surface area contributed by atoms with E-state index in [0.29, 0.717) is 19.6 Å². The zero-order valence-corrected chi connectivity index (χ0v) is 12.6. The standard InChI is InChI=1S/C14H15N5O2S/c20-7-1-2-11-8-13(22-10-11)12-9-19(17-16-12)6-5-18-4-3-15-14(18)21/h8-10,20H,3-7H2,(H,15,21). The maximum Gasteiger partial charge on any atom is 0.317 e. The number of amides is 2. The molecule has 1 aliphatic heterocycles. The molecule has 2 aromatic heterocycles. The van der Waals surface area contributed by atoms with Gasteiger partial charge in [-0.05, 0) is 6.07 Å². The summed E-state index contributed by atoms with van der Waals surface area (Å²) in [7, 11) is 0. The van der Waals surface area contributed by atoms with E-state index >= 15 is 0 Å². The molecule has 0 aromatic carbocycles. The summed E-state index contributed by atoms with van der Waals surface area (Å²) in [5, 5.41) is 21.6. The Morgan fingerprint density at radius 1 is 1.45 bits per heavy atom. The second-order valence-electron chi connectivity index (χ2n) is 4.75. The molecule has 2 N–H and O–H groups in total. The fraction of sp³-hybridized carbons (Fsp3) is 0.357. The Labute approximate surface area is 131 Å². The second kappa shape index (κ2) is 6.60. The van der Waals surface area contributed by atoms with Crippen molar-refractivity contribution in [3.05, 3.63) is 23.2 Å². The van der Waals surface area contributed by atoms with Crippen LogP contribution in [0.25, 0.3) is 10.6 Å². The molecule has 2 amide bonds. The van der Waals surface area contributed by atoms with E-state index in [1.54, 1.807) is 9.58 Å². The van der Waals surface area contributed by atoms with Crippen molar-refractivity contribution in [2.24, 2.45) is 0 Å². The molecule has 0 radical (unpaired) electrons. The summed E-state index contributed by atoms with van der Waals surface area (Å²) in [6.45, 7) is 2.52. The minimum Gasteiger partial charge on any atom is -0.384 e. The molecule has 7 nitrogen and oxygen atoms in total. The first kappa shape index (κ1) is 14.6. The monoisotopic (exact) mass is 317 g/mol. The third kappa shape index (κ3) is 3.27. The lowest BCUT2D eigenvalue weighted by Gasteiger charge is -2.12. The average Bonchev–Trinajstić information content (AvgIpc) is 3.23. The highest BCUT2D eigenvalue weighted by Crippen LogP contribution is 2.24. The van der Waals surface area contributed by atoms with Gasteiger partial charge in [0.1, 0.15) is 12.3 Å². The highest BCUT2D eigenvalue weighted by atomic mass is 32.1. The molecule has 2 aromatic rings. The number of urea groups is 1. The first-order chi connectivity index (χ1) is 10.8. The van der Waals surface area contributed by atoms with Crippen LogP contribution >= 0.6 is 11.3 Å². The maximum atomic E-state index is 11.5. The Morgan fingerprint density at radius 3 is 3.14 bits per heavy atom. The van der Waals surface area contributed by atoms with Gasteiger partial charge in [0.05, 0.1) is 17.6 Å². The number of rotatable bonds is 4. The summed E-state index contributed by atoms with van der Waals surface area (Å²) >= 11 is 1.54. The number of carbonyl (C=O) groups excluding carboxylic acids is 1. The third-order valence-corrected chi connectivity index (χ3v) is 4.20. The molecule has 0 spiro atoms. The van der Waals surface area contributed by atoms with E-state index in [1.807, 2.05) is 17.6 Å². The van der Waals surface area contributed by atoms with Crippen molar-refractivity contribution in [2.75, 3.05) is 26.2 Å². The van der Waals surface area contributed by atoms with Crippen LogP contribution in [0.4, 0.5) is 4.79 Å². The van der Waals surface area contributed by atoms with Crippen molar-refractivity contribution in [3.63, 3.8) is 0 Å². The second-order valence-corrected chi connectivity index (χ2v) is 5.66. The largest absolute Gasteiger partial charge is 0.384 e. The number of thiophene rings is 1. The van der Waals surface area contributed by atoms with Gasteiger partial charge in [0, 0.05) is 30.6 Å². The van der Waals surface area contributed by atoms with Gasteiger partial charge >= 0.3 is 6.03 Å². The molecule has 3 heterocycles. The number of aliphatic hydroxyl groups excluding tert-OH is 1. The Morgan fingerprint density at radius 2 is 2.36 bits per heavy atom. The number of carbonyl (C=O) groups is 1. The summed E-state index contributed by atoms with van der Waals surface area (Å²) in [4.78, 5) is 14.2. The maximum absolute atomic E-state index is 11.5. The molecule has 22 heavy (non-hydrogen) atoms. The first-order valence-corrected chi connectivity index (χ1v) is 7.76. The smallest absolute Gasteiger partial charge is 0.317 e. The van der Waals surface area contributed by atoms with Gasteiger partial charge in [0.2, 0.25) is 0 Å². The van der Waals surface area contributed by atoms with Gasteiger partial charge in [-0.3, -0.25) is 4.68 Å². The Balaban J connectivity index is 1.63. The molecule has 0 bridgehead atoms. The molecule has 3 rings (SSSR count). The number of aliphatic hydroxyl groups is 1. The summed E-state index contributed by atoms with van der Waals surface area (Å²) in [6, 6.07) is 1.90. The molecule has 1 aliphatic rings. The van der Waals surface area contributed by atoms with Crippen LogP contribution in [0.1, 0.15) is 5.56 Å². The van der Waals surface area contributed by atoms with Gasteiger partial charge in [-0.25, -0.2) is 4.79 Å². The number of aromatic nitrogens is 3. The van der Waals surface area contributed by atoms with Crippen molar-refractivity contribution < 1.29 is 9.90 Å². The van der Waals surface area contributed by atoms with Crippen LogP contribution < -0.4 is 5.32 Å². The van der Waals surface area contributed by atoms with Crippen LogP contribution in [0.2, 0.25) is 0 Å². The topological polar surface area (TPSA) is 83.3 Å². The predicted molar refractivity (Wildman–Crippen MR) is 82.3 cm³/mol. The van der Waals surface area contributed by atoms with E-state index in [2.05, 4.69) is 27.5 Å². The summed E-state index contributed by atoms with van der Waals surface area (Å²) in [6.07, 6.45) is 1.86. The molecule has 114 valence electrons. The van der Waals surface area contributed by atoms with E-state index in [9.17, 15) is 4.79 Å². The van der Waals surface area contributed by atoms with Crippen molar-refractivity contribution >= 4 is 17.4 Å². The van der Waals surface area contributed by atoms with E-state index in [-0.39, 0.29) is 12.6 Å². The highest BCUT2D eigenvalue weighted by molar-refractivity contribution is 7.13. The Bertz CT molecular complexity index is 727. The summed E-state index contributed by atoms with van der Waals surface area (Å²) < 4.78 is 1.74. The van der Waals surface area contributed by atoms with Gasteiger partial charge in [-0.1, -0.05) is 17.1 Å². The lowest BCUT2D eigenvalue weighted by atomic mass is 10.3. The number of nitrogens with one attached hydrogen (secondary N) is 1. The number of hydrogen-bond acceptors (Lipinski definition) is 5. The van der Waals surface area contributed by atoms with Crippen molar-refractivity contribution in [2.45, 2.75) is 6.54 Å². The van der Waals surface area contributed by atoms with E-state index in [0.717, 1.165) is 22.7 Å². The fourth-order valence-electron chi connectivity index (χ4n) is 2.15. The SMILES string of the molecule is O=C1NCCN1CCn1cc(-c2cc(C#CCO)cs2)nn1. The van der Waals surface area contributed by atoms with Crippen LogP contribution in [-0.4, -0.2) is 57.3 Å². The number of hydrogen-bond donors (Lipinski definition) is 2. The molecule has 0 unspecified atom stereocenters. The lowest BCUT2D eigenvalue weighted by Crippen LogP contribution is -2.31. The van der Waals surface area contributed by atoms with Gasteiger partial charge < -0.3 is 15.3 Å². The Kier molecular flexibility index (Phi) is 4.37. The van der Waals surface area contributed by atoms with Crippen molar-refractivity contribution in [1.82, 2.24) is 25.2 Å². The molecule has 0 atom stereocenters. The van der Waals surface area contributed by atoms with Crippen LogP contribution in [0.15, 0.2) is 17.6 Å². The van der Waals surface area contributed by atoms with Gasteiger partial charge in [-0.2, -0.15) is 0 Å². The van der Waals surface area contributed by atoms with Gasteiger partial charge in [0.25, 0.3) is 0 Å². The minimum absolute atomic E-state index is 0.0225. The molecule has 8 heteroatoms. The van der Waals surface area contributed by atoms with Gasteiger partial charge in [-0.15, -0.1) is 16.4 Å². The summed E-state index contributed by atoms with van der Waals surface area (Å²) in [5.74, 6) is 5.48. The Hall–Kier alpha value is -2.37. The molecule has 0 aliphatic carbocycles. The lowest BCUT2D eigenvalue weighted by molar-refractivity contribution is 0.215. The summed E-state index contributed by atoms with van der Waals surface area (Å²) in [5.41, 5.74) is 1.64. The normalized spacial score (nSPS) is 13.9. The van der Waals surface area contributed by atoms with Crippen molar-refractivity contribution in [1.29, 1.82) is 0 Å². The van der Waals surface area contributed by atoms with Crippen LogP contribution in [0, 0.1) is 11.8 Å². The van der Waals surface area contributed by atoms with Crippen LogP contribution in [0.5, 0.6) is 0 Å². The van der Waals surface area contributed by atoms with Crippen molar-refractivity contribution in [3.8, 4) is 22.4 Å². The first-order valence-electron chi connectivity index (χ1n) is 6.88. The minimum atomic E-state index is -0.147. The average molecular weight is 317 g/mol. The number of nitrogens with zero attached hydrogens (tertiary/aromatic N) is 4. The molecular formula is C14H15N5O2S. The van der Waals surface area contributed by atoms with E-state index in [4.69, 9.17) is 5.11 Å². The quantitative estimate of drug-likeness (QED) is 0.799. The zero-order chi connectivity index (χ0) is 15.4. The van der Waals surface area contributed by atoms with Gasteiger partial charge in [0.15, 0.2) is 0 Å².